The summed E-state index contributed by atoms with van der Waals surface area (Å²) in [7, 11) is -3.65. The highest BCUT2D eigenvalue weighted by Crippen LogP contribution is 2.28. The zero-order valence-corrected chi connectivity index (χ0v) is 19.7. The van der Waals surface area contributed by atoms with Crippen LogP contribution in [0, 0.1) is 25.7 Å². The van der Waals surface area contributed by atoms with E-state index in [-0.39, 0.29) is 22.3 Å². The van der Waals surface area contributed by atoms with E-state index in [9.17, 15) is 13.2 Å². The molecule has 30 heavy (non-hydrogen) atoms. The maximum absolute atomic E-state index is 12.9. The van der Waals surface area contributed by atoms with Crippen molar-refractivity contribution in [3.8, 4) is 0 Å². The summed E-state index contributed by atoms with van der Waals surface area (Å²) in [6.07, 6.45) is 3.52. The maximum atomic E-state index is 12.9. The minimum atomic E-state index is -3.65. The van der Waals surface area contributed by atoms with Gasteiger partial charge in [0, 0.05) is 37.6 Å². The Morgan fingerprint density at radius 3 is 2.43 bits per heavy atom. The third-order valence-electron chi connectivity index (χ3n) is 6.60. The van der Waals surface area contributed by atoms with E-state index in [0.717, 1.165) is 13.1 Å². The van der Waals surface area contributed by atoms with Gasteiger partial charge in [0.15, 0.2) is 5.76 Å². The number of carbonyl (C=O) groups excluding carboxylic acids is 1. The molecule has 0 spiro atoms. The molecule has 1 aromatic heterocycles. The predicted octanol–water partition coefficient (Wildman–Crippen LogP) is 2.32. The molecular weight excluding hydrogens is 404 g/mol. The van der Waals surface area contributed by atoms with Crippen LogP contribution in [0.2, 0.25) is 0 Å². The summed E-state index contributed by atoms with van der Waals surface area (Å²) in [5.41, 5.74) is 0.291. The number of nitrogens with one attached hydrogen (secondary N) is 1. The Morgan fingerprint density at radius 2 is 1.87 bits per heavy atom. The molecule has 0 bridgehead atoms. The van der Waals surface area contributed by atoms with E-state index >= 15 is 0 Å². The van der Waals surface area contributed by atoms with Crippen LogP contribution in [0.5, 0.6) is 0 Å². The first-order valence-corrected chi connectivity index (χ1v) is 12.4. The minimum absolute atomic E-state index is 0.0301. The molecule has 0 radical (unpaired) electrons. The number of aryl methyl sites for hydroxylation is 2. The average Bonchev–Trinajstić information content (AvgIpc) is 3.05. The molecule has 9 heteroatoms. The van der Waals surface area contributed by atoms with Crippen LogP contribution < -0.4 is 5.32 Å². The molecule has 3 rings (SSSR count). The van der Waals surface area contributed by atoms with Crippen molar-refractivity contribution >= 4 is 15.9 Å². The summed E-state index contributed by atoms with van der Waals surface area (Å²) in [6.45, 7) is 13.3. The molecule has 170 valence electrons. The Morgan fingerprint density at radius 1 is 1.20 bits per heavy atom. The van der Waals surface area contributed by atoms with E-state index in [1.54, 1.807) is 13.8 Å². The topological polar surface area (TPSA) is 95.8 Å². The van der Waals surface area contributed by atoms with Crippen LogP contribution in [-0.2, 0) is 14.8 Å². The zero-order valence-electron chi connectivity index (χ0n) is 18.9. The maximum Gasteiger partial charge on any atom is 0.248 e. The van der Waals surface area contributed by atoms with E-state index in [1.165, 1.54) is 17.1 Å². The van der Waals surface area contributed by atoms with Gasteiger partial charge in [0.1, 0.15) is 10.6 Å². The van der Waals surface area contributed by atoms with Crippen molar-refractivity contribution < 1.29 is 17.7 Å². The van der Waals surface area contributed by atoms with E-state index in [0.29, 0.717) is 49.8 Å². The minimum Gasteiger partial charge on any atom is -0.360 e. The van der Waals surface area contributed by atoms with Crippen LogP contribution in [-0.4, -0.2) is 66.9 Å². The summed E-state index contributed by atoms with van der Waals surface area (Å²) in [5.74, 6) is 0.874. The Bertz CT molecular complexity index is 837. The average molecular weight is 441 g/mol. The highest BCUT2D eigenvalue weighted by Gasteiger charge is 2.36. The molecule has 2 fully saturated rings. The van der Waals surface area contributed by atoms with E-state index < -0.39 is 10.0 Å². The fourth-order valence-electron chi connectivity index (χ4n) is 4.63. The number of hydrogen-bond acceptors (Lipinski definition) is 6. The number of nitrogens with zero attached hydrogens (tertiary/aromatic N) is 3. The fourth-order valence-corrected chi connectivity index (χ4v) is 6.39. The highest BCUT2D eigenvalue weighted by molar-refractivity contribution is 7.89. The van der Waals surface area contributed by atoms with Crippen LogP contribution in [0.4, 0.5) is 0 Å². The van der Waals surface area contributed by atoms with Gasteiger partial charge in [0.05, 0.1) is 0 Å². The lowest BCUT2D eigenvalue weighted by Crippen LogP contribution is -2.55. The lowest BCUT2D eigenvalue weighted by molar-refractivity contribution is -0.126. The predicted molar refractivity (Wildman–Crippen MR) is 115 cm³/mol. The lowest BCUT2D eigenvalue weighted by Gasteiger charge is -2.43. The first kappa shape index (κ1) is 23.2. The monoisotopic (exact) mass is 440 g/mol. The molecule has 1 aromatic rings. The van der Waals surface area contributed by atoms with Crippen LogP contribution in [0.3, 0.4) is 0 Å². The van der Waals surface area contributed by atoms with Gasteiger partial charge < -0.3 is 9.84 Å². The second-order valence-electron chi connectivity index (χ2n) is 9.56. The number of likely N-dealkylation sites (tertiary alicyclic amines) is 1. The largest absolute Gasteiger partial charge is 0.360 e. The first-order valence-electron chi connectivity index (χ1n) is 11.0. The Hall–Kier alpha value is -1.45. The summed E-state index contributed by atoms with van der Waals surface area (Å²) >= 11 is 0. The molecule has 1 amide bonds. The van der Waals surface area contributed by atoms with Crippen molar-refractivity contribution in [3.05, 3.63) is 11.5 Å². The van der Waals surface area contributed by atoms with Gasteiger partial charge in [-0.2, -0.15) is 4.31 Å². The molecule has 0 saturated carbocycles. The SMILES string of the molecule is Cc1noc(C)c1S(=O)(=O)N1CCC(C(=O)NCC(C)(C)N2CCCC(C)C2)CC1. The summed E-state index contributed by atoms with van der Waals surface area (Å²) in [6, 6.07) is 0. The van der Waals surface area contributed by atoms with Crippen molar-refractivity contribution in [2.45, 2.75) is 70.7 Å². The van der Waals surface area contributed by atoms with Crippen molar-refractivity contribution in [3.63, 3.8) is 0 Å². The van der Waals surface area contributed by atoms with Gasteiger partial charge in [-0.05, 0) is 65.8 Å². The molecular formula is C21H36N4O4S. The Labute approximate surface area is 180 Å². The summed E-state index contributed by atoms with van der Waals surface area (Å²) in [5, 5.41) is 6.89. The van der Waals surface area contributed by atoms with E-state index in [1.807, 2.05) is 0 Å². The molecule has 1 unspecified atom stereocenters. The van der Waals surface area contributed by atoms with E-state index in [4.69, 9.17) is 4.52 Å². The number of amides is 1. The van der Waals surface area contributed by atoms with Gasteiger partial charge in [0.2, 0.25) is 15.9 Å². The molecule has 2 aliphatic rings. The van der Waals surface area contributed by atoms with Crippen LogP contribution in [0.25, 0.3) is 0 Å². The van der Waals surface area contributed by atoms with Crippen molar-refractivity contribution in [1.82, 2.24) is 19.7 Å². The van der Waals surface area contributed by atoms with Gasteiger partial charge in [0.25, 0.3) is 0 Å². The fraction of sp³-hybridized carbons (Fsp3) is 0.810. The van der Waals surface area contributed by atoms with Crippen molar-refractivity contribution in [2.75, 3.05) is 32.7 Å². The number of aromatic nitrogens is 1. The van der Waals surface area contributed by atoms with Crippen LogP contribution >= 0.6 is 0 Å². The summed E-state index contributed by atoms with van der Waals surface area (Å²) < 4.78 is 32.4. The number of piperidine rings is 2. The third kappa shape index (κ3) is 4.89. The molecule has 0 aromatic carbocycles. The van der Waals surface area contributed by atoms with Gasteiger partial charge in [-0.15, -0.1) is 0 Å². The lowest BCUT2D eigenvalue weighted by atomic mass is 9.93. The molecule has 8 nitrogen and oxygen atoms in total. The summed E-state index contributed by atoms with van der Waals surface area (Å²) in [4.78, 5) is 15.4. The van der Waals surface area contributed by atoms with Crippen molar-refractivity contribution in [2.24, 2.45) is 11.8 Å². The number of rotatable bonds is 6. The second kappa shape index (κ2) is 8.96. The number of sulfonamides is 1. The van der Waals surface area contributed by atoms with Gasteiger partial charge >= 0.3 is 0 Å². The molecule has 2 saturated heterocycles. The molecule has 0 aliphatic carbocycles. The van der Waals surface area contributed by atoms with Gasteiger partial charge in [-0.1, -0.05) is 12.1 Å². The quantitative estimate of drug-likeness (QED) is 0.729. The number of carbonyl (C=O) groups is 1. The smallest absolute Gasteiger partial charge is 0.248 e. The van der Waals surface area contributed by atoms with Crippen LogP contribution in [0.1, 0.15) is 57.9 Å². The number of hydrogen-bond donors (Lipinski definition) is 1. The zero-order chi connectivity index (χ0) is 22.1. The Kier molecular flexibility index (Phi) is 6.94. The standard InChI is InChI=1S/C21H36N4O4S/c1-15-7-6-10-24(13-15)21(4,5)14-22-20(26)18-8-11-25(12-9-18)30(27,28)19-16(2)23-29-17(19)3/h15,18H,6-14H2,1-5H3,(H,22,26). The van der Waals surface area contributed by atoms with Gasteiger partial charge in [-0.25, -0.2) is 8.42 Å². The molecule has 1 atom stereocenters. The first-order chi connectivity index (χ1) is 14.0. The highest BCUT2D eigenvalue weighted by atomic mass is 32.2. The third-order valence-corrected chi connectivity index (χ3v) is 8.74. The van der Waals surface area contributed by atoms with Crippen molar-refractivity contribution in [1.29, 1.82) is 0 Å². The second-order valence-corrected chi connectivity index (χ2v) is 11.4. The van der Waals surface area contributed by atoms with E-state index in [2.05, 4.69) is 36.1 Å². The molecule has 3 heterocycles. The Balaban J connectivity index is 1.53. The normalized spacial score (nSPS) is 22.9. The molecule has 1 N–H and O–H groups in total. The molecule has 2 aliphatic heterocycles. The van der Waals surface area contributed by atoms with Crippen LogP contribution in [0.15, 0.2) is 9.42 Å². The van der Waals surface area contributed by atoms with Gasteiger partial charge in [-0.3, -0.25) is 9.69 Å².